The Hall–Kier alpha value is -0.380. The van der Waals surface area contributed by atoms with Crippen molar-refractivity contribution in [1.82, 2.24) is 4.90 Å². The summed E-state index contributed by atoms with van der Waals surface area (Å²) in [5.41, 5.74) is 8.16. The predicted octanol–water partition coefficient (Wildman–Crippen LogP) is 4.04. The van der Waals surface area contributed by atoms with Gasteiger partial charge in [-0.1, -0.05) is 13.8 Å². The molecular formula is C16H28N2S. The van der Waals surface area contributed by atoms with Crippen LogP contribution >= 0.6 is 11.3 Å². The van der Waals surface area contributed by atoms with Gasteiger partial charge in [0.05, 0.1) is 6.04 Å². The van der Waals surface area contributed by atoms with Gasteiger partial charge < -0.3 is 5.73 Å². The van der Waals surface area contributed by atoms with Gasteiger partial charge in [-0.05, 0) is 67.5 Å². The Bertz CT molecular complexity index is 373. The lowest BCUT2D eigenvalue weighted by atomic mass is 9.75. The second-order valence-electron chi connectivity index (χ2n) is 6.92. The van der Waals surface area contributed by atoms with Gasteiger partial charge in [0.1, 0.15) is 0 Å². The van der Waals surface area contributed by atoms with Crippen LogP contribution in [-0.2, 0) is 0 Å². The summed E-state index contributed by atoms with van der Waals surface area (Å²) in [6.07, 6.45) is 5.27. The van der Waals surface area contributed by atoms with Crippen LogP contribution in [0.1, 0.15) is 58.1 Å². The molecule has 0 aliphatic heterocycles. The Kier molecular flexibility index (Phi) is 4.70. The minimum Gasteiger partial charge on any atom is -0.326 e. The Labute approximate surface area is 122 Å². The fraction of sp³-hybridized carbons (Fsp3) is 0.750. The monoisotopic (exact) mass is 280 g/mol. The van der Waals surface area contributed by atoms with Crippen molar-refractivity contribution in [3.63, 3.8) is 0 Å². The largest absolute Gasteiger partial charge is 0.326 e. The van der Waals surface area contributed by atoms with Gasteiger partial charge in [0.25, 0.3) is 0 Å². The van der Waals surface area contributed by atoms with E-state index in [0.29, 0.717) is 17.5 Å². The minimum absolute atomic E-state index is 0.175. The number of nitrogens with two attached hydrogens (primary N) is 1. The SMILES string of the molecule is CC(N)C(c1ccsc1)N(C)C1CCC(C)(C)CC1. The van der Waals surface area contributed by atoms with E-state index >= 15 is 0 Å². The topological polar surface area (TPSA) is 29.3 Å². The van der Waals surface area contributed by atoms with Crippen molar-refractivity contribution < 1.29 is 0 Å². The molecule has 2 nitrogen and oxygen atoms in total. The quantitative estimate of drug-likeness (QED) is 0.902. The Morgan fingerprint density at radius 2 is 2.00 bits per heavy atom. The normalized spacial score (nSPS) is 23.5. The molecule has 1 aromatic heterocycles. The molecule has 19 heavy (non-hydrogen) atoms. The van der Waals surface area contributed by atoms with E-state index in [1.165, 1.54) is 31.2 Å². The van der Waals surface area contributed by atoms with Crippen LogP contribution in [0.4, 0.5) is 0 Å². The van der Waals surface area contributed by atoms with Gasteiger partial charge in [-0.3, -0.25) is 4.90 Å². The van der Waals surface area contributed by atoms with Crippen LogP contribution in [0.25, 0.3) is 0 Å². The highest BCUT2D eigenvalue weighted by Gasteiger charge is 2.33. The maximum absolute atomic E-state index is 6.25. The summed E-state index contributed by atoms with van der Waals surface area (Å²) in [5.74, 6) is 0. The van der Waals surface area contributed by atoms with Crippen molar-refractivity contribution >= 4 is 11.3 Å². The molecule has 108 valence electrons. The van der Waals surface area contributed by atoms with E-state index < -0.39 is 0 Å². The predicted molar refractivity (Wildman–Crippen MR) is 84.5 cm³/mol. The Balaban J connectivity index is 2.07. The third-order valence-electron chi connectivity index (χ3n) is 4.71. The molecule has 2 N–H and O–H groups in total. The van der Waals surface area contributed by atoms with Crippen LogP contribution < -0.4 is 5.73 Å². The lowest BCUT2D eigenvalue weighted by Gasteiger charge is -2.42. The van der Waals surface area contributed by atoms with E-state index in [4.69, 9.17) is 5.73 Å². The number of likely N-dealkylation sites (N-methyl/N-ethyl adjacent to an activating group) is 1. The zero-order valence-electron chi connectivity index (χ0n) is 12.7. The van der Waals surface area contributed by atoms with E-state index in [-0.39, 0.29) is 6.04 Å². The lowest BCUT2D eigenvalue weighted by molar-refractivity contribution is 0.0858. The molecule has 2 atom stereocenters. The highest BCUT2D eigenvalue weighted by Crippen LogP contribution is 2.39. The van der Waals surface area contributed by atoms with Crippen LogP contribution in [0.5, 0.6) is 0 Å². The fourth-order valence-corrected chi connectivity index (χ4v) is 4.06. The van der Waals surface area contributed by atoms with Crippen LogP contribution in [0.15, 0.2) is 16.8 Å². The fourth-order valence-electron chi connectivity index (χ4n) is 3.37. The summed E-state index contributed by atoms with van der Waals surface area (Å²) in [6, 6.07) is 3.44. The van der Waals surface area contributed by atoms with Crippen molar-refractivity contribution in [3.8, 4) is 0 Å². The van der Waals surface area contributed by atoms with Gasteiger partial charge in [0.2, 0.25) is 0 Å². The first-order chi connectivity index (χ1) is 8.91. The van der Waals surface area contributed by atoms with Gasteiger partial charge >= 0.3 is 0 Å². The van der Waals surface area contributed by atoms with Crippen LogP contribution in [-0.4, -0.2) is 24.0 Å². The van der Waals surface area contributed by atoms with E-state index in [9.17, 15) is 0 Å². The summed E-state index contributed by atoms with van der Waals surface area (Å²) in [5, 5.41) is 4.40. The molecule has 3 heteroatoms. The van der Waals surface area contributed by atoms with Gasteiger partial charge in [-0.25, -0.2) is 0 Å². The molecule has 2 rings (SSSR count). The average Bonchev–Trinajstić information content (AvgIpc) is 2.82. The number of nitrogens with zero attached hydrogens (tertiary/aromatic N) is 1. The summed E-state index contributed by atoms with van der Waals surface area (Å²) >= 11 is 1.77. The van der Waals surface area contributed by atoms with Crippen molar-refractivity contribution in [3.05, 3.63) is 22.4 Å². The maximum atomic E-state index is 6.25. The molecular weight excluding hydrogens is 252 g/mol. The molecule has 1 fully saturated rings. The molecule has 0 amide bonds. The zero-order chi connectivity index (χ0) is 14.0. The summed E-state index contributed by atoms with van der Waals surface area (Å²) in [6.45, 7) is 6.92. The summed E-state index contributed by atoms with van der Waals surface area (Å²) in [7, 11) is 2.26. The summed E-state index contributed by atoms with van der Waals surface area (Å²) in [4.78, 5) is 2.53. The van der Waals surface area contributed by atoms with Crippen molar-refractivity contribution in [2.24, 2.45) is 11.1 Å². The first-order valence-electron chi connectivity index (χ1n) is 7.40. The number of hydrogen-bond donors (Lipinski definition) is 1. The van der Waals surface area contributed by atoms with E-state index in [0.717, 1.165) is 0 Å². The molecule has 2 unspecified atom stereocenters. The number of rotatable bonds is 4. The van der Waals surface area contributed by atoms with E-state index in [1.54, 1.807) is 11.3 Å². The molecule has 0 radical (unpaired) electrons. The highest BCUT2D eigenvalue weighted by molar-refractivity contribution is 7.07. The Morgan fingerprint density at radius 1 is 1.37 bits per heavy atom. The van der Waals surface area contributed by atoms with Crippen LogP contribution in [0.2, 0.25) is 0 Å². The number of thiophene rings is 1. The summed E-state index contributed by atoms with van der Waals surface area (Å²) < 4.78 is 0. The number of hydrogen-bond acceptors (Lipinski definition) is 3. The molecule has 0 saturated heterocycles. The third-order valence-corrected chi connectivity index (χ3v) is 5.41. The molecule has 0 aromatic carbocycles. The molecule has 1 aliphatic carbocycles. The van der Waals surface area contributed by atoms with Crippen molar-refractivity contribution in [1.29, 1.82) is 0 Å². The second-order valence-corrected chi connectivity index (χ2v) is 7.70. The highest BCUT2D eigenvalue weighted by atomic mass is 32.1. The van der Waals surface area contributed by atoms with Crippen molar-refractivity contribution in [2.45, 2.75) is 64.6 Å². The minimum atomic E-state index is 0.175. The maximum Gasteiger partial charge on any atom is 0.0504 e. The van der Waals surface area contributed by atoms with Gasteiger partial charge in [0.15, 0.2) is 0 Å². The van der Waals surface area contributed by atoms with E-state index in [2.05, 4.69) is 49.5 Å². The Morgan fingerprint density at radius 3 is 2.47 bits per heavy atom. The van der Waals surface area contributed by atoms with Gasteiger partial charge in [-0.15, -0.1) is 0 Å². The second kappa shape index (κ2) is 5.94. The van der Waals surface area contributed by atoms with Crippen LogP contribution in [0.3, 0.4) is 0 Å². The molecule has 1 saturated carbocycles. The van der Waals surface area contributed by atoms with E-state index in [1.807, 2.05) is 0 Å². The van der Waals surface area contributed by atoms with Crippen molar-refractivity contribution in [2.75, 3.05) is 7.05 Å². The zero-order valence-corrected chi connectivity index (χ0v) is 13.5. The molecule has 0 spiro atoms. The van der Waals surface area contributed by atoms with Gasteiger partial charge in [0, 0.05) is 12.1 Å². The average molecular weight is 280 g/mol. The molecule has 1 heterocycles. The standard InChI is InChI=1S/C16H28N2S/c1-12(17)15(13-7-10-19-11-13)18(4)14-5-8-16(2,3)9-6-14/h7,10-12,14-15H,5-6,8-9,17H2,1-4H3. The molecule has 0 bridgehead atoms. The lowest BCUT2D eigenvalue weighted by Crippen LogP contribution is -2.44. The first kappa shape index (κ1) is 15.0. The molecule has 1 aliphatic rings. The van der Waals surface area contributed by atoms with Gasteiger partial charge in [-0.2, -0.15) is 11.3 Å². The third kappa shape index (κ3) is 3.59. The molecule has 1 aromatic rings. The smallest absolute Gasteiger partial charge is 0.0504 e. The van der Waals surface area contributed by atoms with Crippen LogP contribution in [0, 0.1) is 5.41 Å². The first-order valence-corrected chi connectivity index (χ1v) is 8.34.